The molecule has 1 saturated heterocycles. The van der Waals surface area contributed by atoms with E-state index in [4.69, 9.17) is 5.73 Å². The third kappa shape index (κ3) is 4.64. The zero-order valence-electron chi connectivity index (χ0n) is 13.2. The Kier molecular flexibility index (Phi) is 7.57. The molecule has 2 amide bonds. The summed E-state index contributed by atoms with van der Waals surface area (Å²) in [6, 6.07) is 7.01. The molecule has 1 unspecified atom stereocenters. The van der Waals surface area contributed by atoms with Gasteiger partial charge in [0, 0.05) is 31.7 Å². The maximum absolute atomic E-state index is 14.4. The van der Waals surface area contributed by atoms with Crippen molar-refractivity contribution >= 4 is 24.2 Å². The second kappa shape index (κ2) is 8.94. The fraction of sp³-hybridized carbons (Fsp3) is 0.500. The quantitative estimate of drug-likeness (QED) is 0.834. The first-order valence-corrected chi connectivity index (χ1v) is 7.67. The molecule has 1 aromatic carbocycles. The van der Waals surface area contributed by atoms with Crippen LogP contribution >= 0.6 is 12.4 Å². The normalized spacial score (nSPS) is 17.8. The first kappa shape index (κ1) is 20.3. The van der Waals surface area contributed by atoms with Crippen LogP contribution in [0.4, 0.5) is 8.78 Å². The summed E-state index contributed by atoms with van der Waals surface area (Å²) in [4.78, 5) is 25.3. The minimum Gasteiger partial charge on any atom is -0.355 e. The van der Waals surface area contributed by atoms with Crippen LogP contribution in [0.1, 0.15) is 18.4 Å². The summed E-state index contributed by atoms with van der Waals surface area (Å²) in [7, 11) is 0. The van der Waals surface area contributed by atoms with Crippen molar-refractivity contribution < 1.29 is 18.4 Å². The van der Waals surface area contributed by atoms with Crippen molar-refractivity contribution in [1.29, 1.82) is 0 Å². The lowest BCUT2D eigenvalue weighted by Gasteiger charge is -2.34. The lowest BCUT2D eigenvalue weighted by Crippen LogP contribution is -2.50. The lowest BCUT2D eigenvalue weighted by molar-refractivity contribution is -0.161. The van der Waals surface area contributed by atoms with E-state index < -0.39 is 17.7 Å². The van der Waals surface area contributed by atoms with Gasteiger partial charge in [0.15, 0.2) is 0 Å². The van der Waals surface area contributed by atoms with Gasteiger partial charge in [-0.2, -0.15) is 8.78 Å². The van der Waals surface area contributed by atoms with E-state index in [0.29, 0.717) is 25.9 Å². The van der Waals surface area contributed by atoms with Crippen LogP contribution in [0, 0.1) is 5.92 Å². The Bertz CT molecular complexity index is 558. The van der Waals surface area contributed by atoms with Crippen LogP contribution < -0.4 is 11.1 Å². The summed E-state index contributed by atoms with van der Waals surface area (Å²) in [5.41, 5.74) is 4.99. The predicted molar refractivity (Wildman–Crippen MR) is 89.0 cm³/mol. The van der Waals surface area contributed by atoms with Gasteiger partial charge in [-0.25, -0.2) is 0 Å². The van der Waals surface area contributed by atoms with Crippen LogP contribution in [0.2, 0.25) is 0 Å². The van der Waals surface area contributed by atoms with E-state index in [0.717, 1.165) is 4.90 Å². The monoisotopic (exact) mass is 361 g/mol. The molecule has 0 aromatic heterocycles. The molecule has 5 nitrogen and oxygen atoms in total. The van der Waals surface area contributed by atoms with Gasteiger partial charge in [0.25, 0.3) is 5.91 Å². The Morgan fingerprint density at radius 2 is 1.96 bits per heavy atom. The van der Waals surface area contributed by atoms with Gasteiger partial charge in [0.1, 0.15) is 0 Å². The number of carbonyl (C=O) groups excluding carboxylic acids is 2. The zero-order valence-corrected chi connectivity index (χ0v) is 14.0. The van der Waals surface area contributed by atoms with Gasteiger partial charge in [-0.05, 0) is 12.8 Å². The van der Waals surface area contributed by atoms with E-state index in [1.165, 1.54) is 24.3 Å². The van der Waals surface area contributed by atoms with E-state index >= 15 is 0 Å². The zero-order chi connectivity index (χ0) is 16.9. The molecule has 1 fully saturated rings. The maximum atomic E-state index is 14.4. The fourth-order valence-electron chi connectivity index (χ4n) is 2.68. The van der Waals surface area contributed by atoms with Crippen molar-refractivity contribution in [3.63, 3.8) is 0 Å². The third-order valence-corrected chi connectivity index (χ3v) is 3.93. The standard InChI is InChI=1S/C16H21F2N3O2.ClH/c17-16(18,13-6-2-1-3-7-13)15(23)21-10-4-5-12(11-21)14(22)20-9-8-19;/h1-3,6-7,12H,4-5,8-11,19H2,(H,20,22);1H. The van der Waals surface area contributed by atoms with Crippen molar-refractivity contribution in [2.75, 3.05) is 26.2 Å². The van der Waals surface area contributed by atoms with Crippen LogP contribution in [-0.4, -0.2) is 42.9 Å². The van der Waals surface area contributed by atoms with Crippen molar-refractivity contribution in [2.45, 2.75) is 18.8 Å². The first-order chi connectivity index (χ1) is 11.0. The molecule has 1 atom stereocenters. The maximum Gasteiger partial charge on any atom is 0.349 e. The van der Waals surface area contributed by atoms with E-state index in [-0.39, 0.29) is 37.0 Å². The van der Waals surface area contributed by atoms with Gasteiger partial charge in [-0.1, -0.05) is 30.3 Å². The van der Waals surface area contributed by atoms with Gasteiger partial charge in [-0.3, -0.25) is 9.59 Å². The van der Waals surface area contributed by atoms with Crippen molar-refractivity contribution in [3.05, 3.63) is 35.9 Å². The third-order valence-electron chi connectivity index (χ3n) is 3.93. The second-order valence-electron chi connectivity index (χ2n) is 5.61. The van der Waals surface area contributed by atoms with E-state index in [1.54, 1.807) is 6.07 Å². The molecule has 1 aliphatic heterocycles. The largest absolute Gasteiger partial charge is 0.355 e. The molecule has 0 aliphatic carbocycles. The average molecular weight is 362 g/mol. The van der Waals surface area contributed by atoms with Crippen molar-refractivity contribution in [2.24, 2.45) is 11.7 Å². The highest BCUT2D eigenvalue weighted by atomic mass is 35.5. The molecular weight excluding hydrogens is 340 g/mol. The van der Waals surface area contributed by atoms with Crippen LogP contribution in [-0.2, 0) is 15.5 Å². The molecule has 8 heteroatoms. The summed E-state index contributed by atoms with van der Waals surface area (Å²) >= 11 is 0. The summed E-state index contributed by atoms with van der Waals surface area (Å²) in [6.45, 7) is 0.899. The van der Waals surface area contributed by atoms with Crippen molar-refractivity contribution in [1.82, 2.24) is 10.2 Å². The van der Waals surface area contributed by atoms with Crippen LogP contribution in [0.15, 0.2) is 30.3 Å². The molecule has 1 heterocycles. The number of nitrogens with one attached hydrogen (secondary N) is 1. The van der Waals surface area contributed by atoms with Gasteiger partial charge < -0.3 is 16.0 Å². The number of rotatable bonds is 5. The minimum absolute atomic E-state index is 0. The molecule has 24 heavy (non-hydrogen) atoms. The Labute approximate surface area is 146 Å². The number of hydrogen-bond acceptors (Lipinski definition) is 3. The number of likely N-dealkylation sites (tertiary alicyclic amines) is 1. The van der Waals surface area contributed by atoms with Crippen molar-refractivity contribution in [3.8, 4) is 0 Å². The smallest absolute Gasteiger partial charge is 0.349 e. The number of nitrogens with zero attached hydrogens (tertiary/aromatic N) is 1. The summed E-state index contributed by atoms with van der Waals surface area (Å²) in [5, 5.41) is 2.64. The Morgan fingerprint density at radius 3 is 2.58 bits per heavy atom. The summed E-state index contributed by atoms with van der Waals surface area (Å²) < 4.78 is 28.7. The van der Waals surface area contributed by atoms with Gasteiger partial charge in [0.05, 0.1) is 5.92 Å². The number of benzene rings is 1. The van der Waals surface area contributed by atoms with E-state index in [9.17, 15) is 18.4 Å². The number of alkyl halides is 2. The molecule has 1 aromatic rings. The minimum atomic E-state index is -3.59. The first-order valence-electron chi connectivity index (χ1n) is 7.67. The topological polar surface area (TPSA) is 75.4 Å². The Hall–Kier alpha value is -1.73. The molecule has 0 saturated carbocycles. The molecule has 0 bridgehead atoms. The van der Waals surface area contributed by atoms with Gasteiger partial charge in [-0.15, -0.1) is 12.4 Å². The molecular formula is C16H22ClF2N3O2. The highest BCUT2D eigenvalue weighted by Crippen LogP contribution is 2.31. The van der Waals surface area contributed by atoms with E-state index in [1.807, 2.05) is 0 Å². The SMILES string of the molecule is Cl.NCCNC(=O)C1CCCN(C(=O)C(F)(F)c2ccccc2)C1. The van der Waals surface area contributed by atoms with Gasteiger partial charge in [0.2, 0.25) is 5.91 Å². The van der Waals surface area contributed by atoms with Crippen LogP contribution in [0.3, 0.4) is 0 Å². The number of halogens is 3. The molecule has 0 spiro atoms. The number of carbonyl (C=O) groups is 2. The number of piperidine rings is 1. The Balaban J connectivity index is 0.00000288. The number of nitrogens with two attached hydrogens (primary N) is 1. The van der Waals surface area contributed by atoms with Crippen LogP contribution in [0.5, 0.6) is 0 Å². The lowest BCUT2D eigenvalue weighted by atomic mass is 9.96. The number of amides is 2. The molecule has 1 aliphatic rings. The summed E-state index contributed by atoms with van der Waals surface area (Å²) in [5.74, 6) is -5.54. The number of hydrogen-bond donors (Lipinski definition) is 2. The highest BCUT2D eigenvalue weighted by Gasteiger charge is 2.45. The highest BCUT2D eigenvalue weighted by molar-refractivity contribution is 5.86. The summed E-state index contributed by atoms with van der Waals surface area (Å²) in [6.07, 6.45) is 1.11. The molecule has 0 radical (unpaired) electrons. The Morgan fingerprint density at radius 1 is 1.29 bits per heavy atom. The molecule has 3 N–H and O–H groups in total. The van der Waals surface area contributed by atoms with E-state index in [2.05, 4.69) is 5.32 Å². The molecule has 2 rings (SSSR count). The average Bonchev–Trinajstić information content (AvgIpc) is 2.59. The fourth-order valence-corrected chi connectivity index (χ4v) is 2.68. The second-order valence-corrected chi connectivity index (χ2v) is 5.61. The molecule has 134 valence electrons. The van der Waals surface area contributed by atoms with Crippen LogP contribution in [0.25, 0.3) is 0 Å². The predicted octanol–water partition coefficient (Wildman–Crippen LogP) is 1.51. The van der Waals surface area contributed by atoms with Gasteiger partial charge >= 0.3 is 5.92 Å².